The molecule has 1 fully saturated rings. The number of likely N-dealkylation sites (tertiary alicyclic amines) is 1. The van der Waals surface area contributed by atoms with Gasteiger partial charge in [0.25, 0.3) is 0 Å². The molecule has 2 amide bonds. The Bertz CT molecular complexity index is 1030. The van der Waals surface area contributed by atoms with Crippen molar-refractivity contribution in [2.24, 2.45) is 0 Å². The van der Waals surface area contributed by atoms with Crippen molar-refractivity contribution >= 4 is 34.9 Å². The van der Waals surface area contributed by atoms with Gasteiger partial charge in [-0.25, -0.2) is 4.79 Å². The number of carbonyl (C=O) groups is 1. The summed E-state index contributed by atoms with van der Waals surface area (Å²) in [6.07, 6.45) is 1.50. The summed E-state index contributed by atoms with van der Waals surface area (Å²) in [6.45, 7) is 1.19. The van der Waals surface area contributed by atoms with Crippen LogP contribution in [0.1, 0.15) is 24.7 Å². The number of rotatable bonds is 4. The Balaban J connectivity index is 1.34. The highest BCUT2D eigenvalue weighted by molar-refractivity contribution is 6.42. The van der Waals surface area contributed by atoms with Gasteiger partial charge in [-0.2, -0.15) is 4.98 Å². The molecule has 0 radical (unpaired) electrons. The molecule has 3 aromatic rings. The second-order valence-corrected chi connectivity index (χ2v) is 7.82. The Hall–Kier alpha value is -2.77. The minimum absolute atomic E-state index is 0.124. The minimum Gasteiger partial charge on any atom is -0.497 e. The summed E-state index contributed by atoms with van der Waals surface area (Å²) in [5.74, 6) is 2.05. The lowest BCUT2D eigenvalue weighted by Crippen LogP contribution is -2.40. The van der Waals surface area contributed by atoms with Crippen molar-refractivity contribution in [3.63, 3.8) is 0 Å². The summed E-state index contributed by atoms with van der Waals surface area (Å²) in [5, 5.41) is 7.80. The highest BCUT2D eigenvalue weighted by atomic mass is 35.5. The number of nitrogens with zero attached hydrogens (tertiary/aromatic N) is 3. The molecule has 0 aliphatic carbocycles. The molecule has 30 heavy (non-hydrogen) atoms. The van der Waals surface area contributed by atoms with E-state index in [0.29, 0.717) is 40.5 Å². The number of benzene rings is 2. The van der Waals surface area contributed by atoms with Crippen LogP contribution in [0, 0.1) is 0 Å². The number of piperidine rings is 1. The van der Waals surface area contributed by atoms with Gasteiger partial charge in [0.1, 0.15) is 5.75 Å². The molecule has 0 atom stereocenters. The van der Waals surface area contributed by atoms with E-state index >= 15 is 0 Å². The van der Waals surface area contributed by atoms with Gasteiger partial charge in [-0.05, 0) is 55.3 Å². The van der Waals surface area contributed by atoms with Crippen LogP contribution >= 0.6 is 23.2 Å². The van der Waals surface area contributed by atoms with Crippen LogP contribution in [0.3, 0.4) is 0 Å². The molecule has 0 saturated carbocycles. The van der Waals surface area contributed by atoms with Crippen LogP contribution in [-0.4, -0.2) is 41.3 Å². The first-order valence-corrected chi connectivity index (χ1v) is 10.3. The number of anilines is 1. The lowest BCUT2D eigenvalue weighted by molar-refractivity contribution is 0.187. The zero-order valence-corrected chi connectivity index (χ0v) is 17.8. The van der Waals surface area contributed by atoms with E-state index in [9.17, 15) is 4.79 Å². The van der Waals surface area contributed by atoms with Gasteiger partial charge in [0.05, 0.1) is 17.2 Å². The van der Waals surface area contributed by atoms with Gasteiger partial charge in [0.2, 0.25) is 11.7 Å². The number of aromatic nitrogens is 2. The molecule has 0 unspecified atom stereocenters. The summed E-state index contributed by atoms with van der Waals surface area (Å²) in [5.41, 5.74) is 1.47. The summed E-state index contributed by atoms with van der Waals surface area (Å²) in [6, 6.07) is 12.3. The van der Waals surface area contributed by atoms with E-state index < -0.39 is 0 Å². The molecule has 7 nitrogen and oxygen atoms in total. The van der Waals surface area contributed by atoms with Gasteiger partial charge < -0.3 is 19.5 Å². The zero-order valence-electron chi connectivity index (χ0n) is 16.3. The first-order valence-electron chi connectivity index (χ1n) is 9.52. The number of hydrogen-bond donors (Lipinski definition) is 1. The molecule has 4 rings (SSSR count). The molecular weight excluding hydrogens is 427 g/mol. The highest BCUT2D eigenvalue weighted by Gasteiger charge is 2.27. The molecule has 1 aliphatic rings. The second-order valence-electron chi connectivity index (χ2n) is 7.01. The molecule has 1 aliphatic heterocycles. The monoisotopic (exact) mass is 446 g/mol. The van der Waals surface area contributed by atoms with E-state index in [1.807, 2.05) is 24.3 Å². The SMILES string of the molecule is COc1ccc(-c2noc(C3CCN(C(=O)Nc4ccc(Cl)c(Cl)c4)CC3)n2)cc1. The number of ether oxygens (including phenoxy) is 1. The fourth-order valence-electron chi connectivity index (χ4n) is 3.36. The number of carbonyl (C=O) groups excluding carboxylic acids is 1. The maximum absolute atomic E-state index is 12.5. The van der Waals surface area contributed by atoms with E-state index in [1.165, 1.54) is 0 Å². The number of hydrogen-bond acceptors (Lipinski definition) is 5. The average molecular weight is 447 g/mol. The van der Waals surface area contributed by atoms with Crippen molar-refractivity contribution < 1.29 is 14.1 Å². The Morgan fingerprint density at radius 3 is 2.53 bits per heavy atom. The largest absolute Gasteiger partial charge is 0.497 e. The number of halogens is 2. The first-order chi connectivity index (χ1) is 14.5. The second kappa shape index (κ2) is 8.93. The molecule has 2 aromatic carbocycles. The standard InChI is InChI=1S/C21H20Cl2N4O3/c1-29-16-5-2-13(3-6-16)19-25-20(30-26-19)14-8-10-27(11-9-14)21(28)24-15-4-7-17(22)18(23)12-15/h2-7,12,14H,8-11H2,1H3,(H,24,28). The first kappa shape index (κ1) is 20.5. The van der Waals surface area contributed by atoms with Crippen molar-refractivity contribution in [1.82, 2.24) is 15.0 Å². The quantitative estimate of drug-likeness (QED) is 0.574. The summed E-state index contributed by atoms with van der Waals surface area (Å²) in [4.78, 5) is 18.8. The van der Waals surface area contributed by atoms with Crippen LogP contribution in [-0.2, 0) is 0 Å². The molecule has 1 N–H and O–H groups in total. The van der Waals surface area contributed by atoms with Crippen molar-refractivity contribution in [2.75, 3.05) is 25.5 Å². The molecule has 2 heterocycles. The van der Waals surface area contributed by atoms with E-state index in [-0.39, 0.29) is 11.9 Å². The summed E-state index contributed by atoms with van der Waals surface area (Å²) in [7, 11) is 1.62. The summed E-state index contributed by atoms with van der Waals surface area (Å²) >= 11 is 11.9. The molecule has 0 spiro atoms. The van der Waals surface area contributed by atoms with Gasteiger partial charge in [-0.15, -0.1) is 0 Å². The van der Waals surface area contributed by atoms with E-state index in [0.717, 1.165) is 24.2 Å². The number of methoxy groups -OCH3 is 1. The third-order valence-electron chi connectivity index (χ3n) is 5.09. The fraction of sp³-hybridized carbons (Fsp3) is 0.286. The maximum atomic E-state index is 12.5. The van der Waals surface area contributed by atoms with Gasteiger partial charge in [0, 0.05) is 30.3 Å². The number of urea groups is 1. The van der Waals surface area contributed by atoms with E-state index in [2.05, 4.69) is 15.5 Å². The van der Waals surface area contributed by atoms with Crippen LogP contribution in [0.25, 0.3) is 11.4 Å². The van der Waals surface area contributed by atoms with Crippen LogP contribution < -0.4 is 10.1 Å². The van der Waals surface area contributed by atoms with Crippen molar-refractivity contribution in [3.8, 4) is 17.1 Å². The van der Waals surface area contributed by atoms with Gasteiger partial charge >= 0.3 is 6.03 Å². The predicted molar refractivity (Wildman–Crippen MR) is 115 cm³/mol. The Labute approximate surface area is 183 Å². The van der Waals surface area contributed by atoms with Gasteiger partial charge in [-0.3, -0.25) is 0 Å². The Morgan fingerprint density at radius 1 is 1.13 bits per heavy atom. The topological polar surface area (TPSA) is 80.5 Å². The number of amides is 2. The third kappa shape index (κ3) is 4.52. The molecule has 9 heteroatoms. The zero-order chi connectivity index (χ0) is 21.1. The van der Waals surface area contributed by atoms with Crippen molar-refractivity contribution in [1.29, 1.82) is 0 Å². The van der Waals surface area contributed by atoms with E-state index in [1.54, 1.807) is 30.2 Å². The maximum Gasteiger partial charge on any atom is 0.321 e. The molecule has 0 bridgehead atoms. The van der Waals surface area contributed by atoms with Gasteiger partial charge in [0.15, 0.2) is 0 Å². The van der Waals surface area contributed by atoms with Crippen LogP contribution in [0.2, 0.25) is 10.0 Å². The summed E-state index contributed by atoms with van der Waals surface area (Å²) < 4.78 is 10.7. The molecule has 1 aromatic heterocycles. The highest BCUT2D eigenvalue weighted by Crippen LogP contribution is 2.30. The average Bonchev–Trinajstić information content (AvgIpc) is 3.27. The third-order valence-corrected chi connectivity index (χ3v) is 5.83. The van der Waals surface area contributed by atoms with Crippen LogP contribution in [0.15, 0.2) is 47.0 Å². The normalized spacial score (nSPS) is 14.6. The van der Waals surface area contributed by atoms with Gasteiger partial charge in [-0.1, -0.05) is 28.4 Å². The molecule has 156 valence electrons. The van der Waals surface area contributed by atoms with Crippen molar-refractivity contribution in [3.05, 3.63) is 58.4 Å². The smallest absolute Gasteiger partial charge is 0.321 e. The Morgan fingerprint density at radius 2 is 1.87 bits per heavy atom. The predicted octanol–water partition coefficient (Wildman–Crippen LogP) is 5.46. The minimum atomic E-state index is -0.170. The van der Waals surface area contributed by atoms with Crippen molar-refractivity contribution in [2.45, 2.75) is 18.8 Å². The van der Waals surface area contributed by atoms with Crippen LogP contribution in [0.4, 0.5) is 10.5 Å². The fourth-order valence-corrected chi connectivity index (χ4v) is 3.66. The van der Waals surface area contributed by atoms with Crippen LogP contribution in [0.5, 0.6) is 5.75 Å². The molecular formula is C21H20Cl2N4O3. The molecule has 1 saturated heterocycles. The lowest BCUT2D eigenvalue weighted by atomic mass is 9.97. The number of nitrogens with one attached hydrogen (secondary N) is 1. The van der Waals surface area contributed by atoms with E-state index in [4.69, 9.17) is 32.5 Å². The Kier molecular flexibility index (Phi) is 6.11. The lowest BCUT2D eigenvalue weighted by Gasteiger charge is -2.30.